The first kappa shape index (κ1) is 16.7. The molecule has 0 aromatic heterocycles. The van der Waals surface area contributed by atoms with Crippen molar-refractivity contribution in [3.05, 3.63) is 10.1 Å². The van der Waals surface area contributed by atoms with Gasteiger partial charge < -0.3 is 4.90 Å². The molecule has 0 fully saturated rings. The zero-order valence-electron chi connectivity index (χ0n) is 11.7. The normalized spacial score (nSPS) is 15.6. The standard InChI is InChI=1S/C14H19BrN4O/c1-12-4-9-18(10-13(12)15)11-14(20)19(7-2-5-16)8-3-6-17/h2-4,7-11H2,1H3. The molecule has 20 heavy (non-hydrogen) atoms. The van der Waals surface area contributed by atoms with Crippen molar-refractivity contribution in [3.8, 4) is 12.1 Å². The van der Waals surface area contributed by atoms with Crippen molar-refractivity contribution >= 4 is 21.8 Å². The zero-order chi connectivity index (χ0) is 15.0. The number of carbonyl (C=O) groups is 1. The Morgan fingerprint density at radius 1 is 1.35 bits per heavy atom. The molecule has 0 spiro atoms. The predicted octanol–water partition coefficient (Wildman–Crippen LogP) is 2.02. The SMILES string of the molecule is CC1=C(Br)CN(CC(=O)N(CCC#N)CCC#N)CC1. The number of halogens is 1. The van der Waals surface area contributed by atoms with Crippen LogP contribution in [0, 0.1) is 22.7 Å². The Kier molecular flexibility index (Phi) is 7.28. The van der Waals surface area contributed by atoms with Crippen molar-refractivity contribution in [2.45, 2.75) is 26.2 Å². The molecule has 108 valence electrons. The zero-order valence-corrected chi connectivity index (χ0v) is 13.3. The molecule has 0 aromatic rings. The third kappa shape index (κ3) is 5.32. The van der Waals surface area contributed by atoms with Gasteiger partial charge in [-0.1, -0.05) is 21.5 Å². The van der Waals surface area contributed by atoms with Gasteiger partial charge in [0, 0.05) is 30.7 Å². The van der Waals surface area contributed by atoms with Gasteiger partial charge in [-0.15, -0.1) is 0 Å². The van der Waals surface area contributed by atoms with Gasteiger partial charge in [0.1, 0.15) is 0 Å². The van der Waals surface area contributed by atoms with E-state index in [1.807, 2.05) is 12.1 Å². The maximum Gasteiger partial charge on any atom is 0.236 e. The molecule has 1 rings (SSSR count). The van der Waals surface area contributed by atoms with Gasteiger partial charge in [0.05, 0.1) is 31.5 Å². The second-order valence-electron chi connectivity index (χ2n) is 4.84. The van der Waals surface area contributed by atoms with Gasteiger partial charge in [-0.05, 0) is 13.3 Å². The summed E-state index contributed by atoms with van der Waals surface area (Å²) in [5, 5.41) is 17.3. The fourth-order valence-electron chi connectivity index (χ4n) is 2.03. The van der Waals surface area contributed by atoms with Gasteiger partial charge >= 0.3 is 0 Å². The van der Waals surface area contributed by atoms with E-state index in [0.29, 0.717) is 32.5 Å². The van der Waals surface area contributed by atoms with Crippen LogP contribution in [-0.2, 0) is 4.79 Å². The molecular weight excluding hydrogens is 320 g/mol. The van der Waals surface area contributed by atoms with Crippen molar-refractivity contribution < 1.29 is 4.79 Å². The summed E-state index contributed by atoms with van der Waals surface area (Å²) in [4.78, 5) is 16.0. The molecule has 0 unspecified atom stereocenters. The third-order valence-electron chi connectivity index (χ3n) is 3.33. The largest absolute Gasteiger partial charge is 0.340 e. The number of rotatable bonds is 6. The van der Waals surface area contributed by atoms with Crippen LogP contribution >= 0.6 is 15.9 Å². The number of hydrogen-bond acceptors (Lipinski definition) is 4. The minimum atomic E-state index is -0.00430. The third-order valence-corrected chi connectivity index (χ3v) is 4.25. The molecule has 6 heteroatoms. The number of carbonyl (C=O) groups excluding carboxylic acids is 1. The molecule has 1 heterocycles. The van der Waals surface area contributed by atoms with Crippen LogP contribution in [-0.4, -0.2) is 48.4 Å². The van der Waals surface area contributed by atoms with Crippen LogP contribution < -0.4 is 0 Å². The van der Waals surface area contributed by atoms with E-state index in [-0.39, 0.29) is 5.91 Å². The molecule has 1 amide bonds. The van der Waals surface area contributed by atoms with E-state index in [9.17, 15) is 4.79 Å². The molecule has 1 aliphatic heterocycles. The molecule has 0 radical (unpaired) electrons. The topological polar surface area (TPSA) is 71.1 Å². The molecule has 0 aromatic carbocycles. The average Bonchev–Trinajstić information content (AvgIpc) is 2.43. The lowest BCUT2D eigenvalue weighted by molar-refractivity contribution is -0.132. The van der Waals surface area contributed by atoms with E-state index < -0.39 is 0 Å². The van der Waals surface area contributed by atoms with Gasteiger partial charge in [-0.2, -0.15) is 10.5 Å². The number of hydrogen-bond donors (Lipinski definition) is 0. The van der Waals surface area contributed by atoms with Crippen LogP contribution in [0.5, 0.6) is 0 Å². The minimum Gasteiger partial charge on any atom is -0.340 e. The molecule has 0 N–H and O–H groups in total. The van der Waals surface area contributed by atoms with Crippen molar-refractivity contribution in [2.75, 3.05) is 32.7 Å². The van der Waals surface area contributed by atoms with E-state index >= 15 is 0 Å². The minimum absolute atomic E-state index is 0.00430. The van der Waals surface area contributed by atoms with Gasteiger partial charge in [-0.25, -0.2) is 0 Å². The van der Waals surface area contributed by atoms with Crippen molar-refractivity contribution in [2.24, 2.45) is 0 Å². The van der Waals surface area contributed by atoms with Crippen molar-refractivity contribution in [1.82, 2.24) is 9.80 Å². The average molecular weight is 339 g/mol. The van der Waals surface area contributed by atoms with Gasteiger partial charge in [-0.3, -0.25) is 9.69 Å². The van der Waals surface area contributed by atoms with Crippen molar-refractivity contribution in [1.29, 1.82) is 10.5 Å². The van der Waals surface area contributed by atoms with E-state index in [1.54, 1.807) is 4.90 Å². The quantitative estimate of drug-likeness (QED) is 0.742. The molecule has 0 saturated carbocycles. The van der Waals surface area contributed by atoms with E-state index in [4.69, 9.17) is 10.5 Å². The molecule has 0 bridgehead atoms. The molecule has 1 aliphatic rings. The Balaban J connectivity index is 2.53. The maximum absolute atomic E-state index is 12.2. The van der Waals surface area contributed by atoms with Gasteiger partial charge in [0.25, 0.3) is 0 Å². The Morgan fingerprint density at radius 2 is 1.95 bits per heavy atom. The fourth-order valence-corrected chi connectivity index (χ4v) is 2.58. The first-order valence-electron chi connectivity index (χ1n) is 6.66. The molecule has 0 aliphatic carbocycles. The Bertz CT molecular complexity index is 443. The van der Waals surface area contributed by atoms with E-state index in [1.165, 1.54) is 5.57 Å². The van der Waals surface area contributed by atoms with Crippen LogP contribution in [0.15, 0.2) is 10.1 Å². The summed E-state index contributed by atoms with van der Waals surface area (Å²) in [7, 11) is 0. The summed E-state index contributed by atoms with van der Waals surface area (Å²) < 4.78 is 1.15. The highest BCUT2D eigenvalue weighted by Gasteiger charge is 2.20. The van der Waals surface area contributed by atoms with Gasteiger partial charge in [0.15, 0.2) is 0 Å². The molecule has 5 nitrogen and oxygen atoms in total. The van der Waals surface area contributed by atoms with Crippen LogP contribution in [0.25, 0.3) is 0 Å². The Labute approximate surface area is 128 Å². The smallest absolute Gasteiger partial charge is 0.236 e. The summed E-state index contributed by atoms with van der Waals surface area (Å²) in [6.45, 7) is 4.87. The number of amides is 1. The second kappa shape index (κ2) is 8.73. The van der Waals surface area contributed by atoms with Crippen LogP contribution in [0.2, 0.25) is 0 Å². The second-order valence-corrected chi connectivity index (χ2v) is 5.80. The highest BCUT2D eigenvalue weighted by Crippen LogP contribution is 2.21. The predicted molar refractivity (Wildman–Crippen MR) is 79.7 cm³/mol. The van der Waals surface area contributed by atoms with Crippen LogP contribution in [0.1, 0.15) is 26.2 Å². The van der Waals surface area contributed by atoms with E-state index in [2.05, 4.69) is 27.8 Å². The lowest BCUT2D eigenvalue weighted by Crippen LogP contribution is -2.43. The summed E-state index contributed by atoms with van der Waals surface area (Å²) in [6.07, 6.45) is 1.57. The fraction of sp³-hybridized carbons (Fsp3) is 0.643. The lowest BCUT2D eigenvalue weighted by atomic mass is 10.1. The molecular formula is C14H19BrN4O. The monoisotopic (exact) mass is 338 g/mol. The Morgan fingerprint density at radius 3 is 2.45 bits per heavy atom. The summed E-state index contributed by atoms with van der Waals surface area (Å²) in [6, 6.07) is 4.08. The molecule has 0 atom stereocenters. The highest BCUT2D eigenvalue weighted by molar-refractivity contribution is 9.11. The number of nitrogens with zero attached hydrogens (tertiary/aromatic N) is 4. The Hall–Kier alpha value is -1.37. The maximum atomic E-state index is 12.2. The summed E-state index contributed by atoms with van der Waals surface area (Å²) >= 11 is 3.53. The lowest BCUT2D eigenvalue weighted by Gasteiger charge is -2.29. The van der Waals surface area contributed by atoms with Gasteiger partial charge in [0.2, 0.25) is 5.91 Å². The van der Waals surface area contributed by atoms with Crippen LogP contribution in [0.4, 0.5) is 0 Å². The summed E-state index contributed by atoms with van der Waals surface area (Å²) in [5.41, 5.74) is 1.33. The highest BCUT2D eigenvalue weighted by atomic mass is 79.9. The number of nitriles is 2. The first-order chi connectivity index (χ1) is 9.58. The first-order valence-corrected chi connectivity index (χ1v) is 7.46. The summed E-state index contributed by atoms with van der Waals surface area (Å²) in [5.74, 6) is -0.00430. The van der Waals surface area contributed by atoms with E-state index in [0.717, 1.165) is 24.0 Å². The molecule has 0 saturated heterocycles. The van der Waals surface area contributed by atoms with Crippen molar-refractivity contribution in [3.63, 3.8) is 0 Å². The van der Waals surface area contributed by atoms with Crippen LogP contribution in [0.3, 0.4) is 0 Å².